The second-order valence-corrected chi connectivity index (χ2v) is 6.55. The topological polar surface area (TPSA) is 66.4 Å². The fraction of sp³-hybridized carbons (Fsp3) is 0. The van der Waals surface area contributed by atoms with E-state index in [0.717, 1.165) is 4.44 Å². The van der Waals surface area contributed by atoms with E-state index < -0.39 is 11.8 Å². The number of hydrogen-bond donors (Lipinski definition) is 2. The SMILES string of the molecule is O=C1Nc2ccc(F)cc2C1=Cc1ccc(C(=O)O)[se]1. The molecule has 0 radical (unpaired) electrons. The van der Waals surface area contributed by atoms with E-state index in [1.165, 1.54) is 24.3 Å². The molecule has 1 aromatic heterocycles. The van der Waals surface area contributed by atoms with Crippen molar-refractivity contribution in [3.8, 4) is 0 Å². The van der Waals surface area contributed by atoms with Gasteiger partial charge in [-0.25, -0.2) is 0 Å². The number of carbonyl (C=O) groups is 2. The van der Waals surface area contributed by atoms with Crippen molar-refractivity contribution in [2.75, 3.05) is 5.32 Å². The summed E-state index contributed by atoms with van der Waals surface area (Å²) in [5.41, 5.74) is 1.45. The molecular formula is C14H8FNO3Se. The number of amides is 1. The van der Waals surface area contributed by atoms with Crippen molar-refractivity contribution in [3.05, 3.63) is 50.6 Å². The van der Waals surface area contributed by atoms with Crippen LogP contribution in [0.3, 0.4) is 0 Å². The molecule has 0 saturated carbocycles. The Morgan fingerprint density at radius 2 is 2.10 bits per heavy atom. The van der Waals surface area contributed by atoms with Gasteiger partial charge in [0.1, 0.15) is 0 Å². The van der Waals surface area contributed by atoms with Crippen molar-refractivity contribution in [3.63, 3.8) is 0 Å². The first-order valence-corrected chi connectivity index (χ1v) is 7.42. The summed E-state index contributed by atoms with van der Waals surface area (Å²) < 4.78 is 14.4. The molecule has 1 aliphatic rings. The molecule has 0 unspecified atom stereocenters. The molecule has 100 valence electrons. The molecule has 0 bridgehead atoms. The van der Waals surface area contributed by atoms with Crippen LogP contribution in [0.4, 0.5) is 10.1 Å². The van der Waals surface area contributed by atoms with Gasteiger partial charge in [0.2, 0.25) is 0 Å². The molecule has 0 aliphatic carbocycles. The monoisotopic (exact) mass is 337 g/mol. The number of aromatic carboxylic acids is 1. The number of carboxylic acid groups (broad SMARTS) is 1. The average molecular weight is 336 g/mol. The Morgan fingerprint density at radius 1 is 1.30 bits per heavy atom. The minimum atomic E-state index is -0.947. The number of rotatable bonds is 2. The van der Waals surface area contributed by atoms with Crippen LogP contribution in [-0.2, 0) is 4.79 Å². The van der Waals surface area contributed by atoms with Gasteiger partial charge in [0.05, 0.1) is 0 Å². The first-order valence-electron chi connectivity index (χ1n) is 5.71. The van der Waals surface area contributed by atoms with Crippen molar-refractivity contribution in [2.24, 2.45) is 0 Å². The predicted molar refractivity (Wildman–Crippen MR) is 73.2 cm³/mol. The zero-order valence-electron chi connectivity index (χ0n) is 10.0. The van der Waals surface area contributed by atoms with Gasteiger partial charge in [0.25, 0.3) is 0 Å². The van der Waals surface area contributed by atoms with Gasteiger partial charge in [-0.1, -0.05) is 0 Å². The molecule has 0 atom stereocenters. The maximum absolute atomic E-state index is 13.3. The molecular weight excluding hydrogens is 328 g/mol. The molecule has 2 N–H and O–H groups in total. The van der Waals surface area contributed by atoms with Crippen molar-refractivity contribution in [1.29, 1.82) is 0 Å². The second kappa shape index (κ2) is 4.74. The van der Waals surface area contributed by atoms with Gasteiger partial charge < -0.3 is 0 Å². The molecule has 0 saturated heterocycles. The standard InChI is InChI=1S/C14H8FNO3Se/c15-7-1-3-11-9(5-7)10(13(17)16-11)6-8-2-4-12(20-8)14(18)19/h1-6H,(H,16,17)(H,18,19). The van der Waals surface area contributed by atoms with Gasteiger partial charge in [-0.15, -0.1) is 0 Å². The van der Waals surface area contributed by atoms with Crippen LogP contribution in [-0.4, -0.2) is 31.5 Å². The number of carboxylic acids is 1. The third kappa shape index (κ3) is 2.19. The number of nitrogens with one attached hydrogen (secondary N) is 1. The van der Waals surface area contributed by atoms with Gasteiger partial charge in [0.15, 0.2) is 0 Å². The number of halogens is 1. The summed E-state index contributed by atoms with van der Waals surface area (Å²) in [6.45, 7) is 0. The van der Waals surface area contributed by atoms with Gasteiger partial charge in [0, 0.05) is 0 Å². The summed E-state index contributed by atoms with van der Waals surface area (Å²) in [5.74, 6) is -1.66. The Kier molecular flexibility index (Phi) is 3.04. The first kappa shape index (κ1) is 12.8. The van der Waals surface area contributed by atoms with E-state index >= 15 is 0 Å². The van der Waals surface area contributed by atoms with Gasteiger partial charge in [-0.2, -0.15) is 0 Å². The van der Waals surface area contributed by atoms with Crippen LogP contribution in [0.25, 0.3) is 11.6 Å². The fourth-order valence-electron chi connectivity index (χ4n) is 1.99. The Hall–Kier alpha value is -2.17. The summed E-state index contributed by atoms with van der Waals surface area (Å²) >= 11 is -0.338. The van der Waals surface area contributed by atoms with Crippen molar-refractivity contribution >= 4 is 43.7 Å². The van der Waals surface area contributed by atoms with E-state index in [1.807, 2.05) is 0 Å². The van der Waals surface area contributed by atoms with Crippen molar-refractivity contribution in [1.82, 2.24) is 0 Å². The molecule has 0 fully saturated rings. The van der Waals surface area contributed by atoms with Crippen LogP contribution >= 0.6 is 0 Å². The fourth-order valence-corrected chi connectivity index (χ4v) is 3.65. The molecule has 4 nitrogen and oxygen atoms in total. The first-order chi connectivity index (χ1) is 9.54. The van der Waals surface area contributed by atoms with Crippen molar-refractivity contribution < 1.29 is 19.1 Å². The van der Waals surface area contributed by atoms with Crippen LogP contribution in [0.15, 0.2) is 30.3 Å². The molecule has 1 aromatic carbocycles. The Balaban J connectivity index is 2.05. The number of fused-ring (bicyclic) bond motifs is 1. The molecule has 2 heterocycles. The van der Waals surface area contributed by atoms with E-state index in [-0.39, 0.29) is 20.4 Å². The molecule has 2 aromatic rings. The van der Waals surface area contributed by atoms with Crippen LogP contribution in [0.1, 0.15) is 19.2 Å². The van der Waals surface area contributed by atoms with Crippen LogP contribution in [0.2, 0.25) is 0 Å². The van der Waals surface area contributed by atoms with Crippen LogP contribution in [0.5, 0.6) is 0 Å². The van der Waals surface area contributed by atoms with Crippen LogP contribution < -0.4 is 5.32 Å². The number of hydrogen-bond acceptors (Lipinski definition) is 2. The molecule has 0 spiro atoms. The zero-order chi connectivity index (χ0) is 14.3. The van der Waals surface area contributed by atoms with E-state index in [4.69, 9.17) is 5.11 Å². The quantitative estimate of drug-likeness (QED) is 0.652. The summed E-state index contributed by atoms with van der Waals surface area (Å²) in [5, 5.41) is 11.6. The molecule has 1 amide bonds. The number of carbonyl (C=O) groups excluding carboxylic acids is 1. The molecule has 20 heavy (non-hydrogen) atoms. The average Bonchev–Trinajstić information content (AvgIpc) is 2.97. The summed E-state index contributed by atoms with van der Waals surface area (Å²) in [6.07, 6.45) is 1.63. The molecule has 6 heteroatoms. The number of benzene rings is 1. The Morgan fingerprint density at radius 3 is 2.80 bits per heavy atom. The minimum absolute atomic E-state index is 0.300. The molecule has 3 rings (SSSR count). The normalized spacial score (nSPS) is 15.2. The Labute approximate surface area is 119 Å². The summed E-state index contributed by atoms with van der Waals surface area (Å²) in [4.78, 5) is 22.7. The van der Waals surface area contributed by atoms with E-state index in [0.29, 0.717) is 21.3 Å². The van der Waals surface area contributed by atoms with Gasteiger partial charge >= 0.3 is 119 Å². The van der Waals surface area contributed by atoms with Gasteiger partial charge in [-0.3, -0.25) is 0 Å². The van der Waals surface area contributed by atoms with E-state index in [9.17, 15) is 14.0 Å². The second-order valence-electron chi connectivity index (χ2n) is 4.21. The van der Waals surface area contributed by atoms with Crippen LogP contribution in [0, 0.1) is 5.82 Å². The summed E-state index contributed by atoms with van der Waals surface area (Å²) in [7, 11) is 0. The van der Waals surface area contributed by atoms with E-state index in [1.54, 1.807) is 12.1 Å². The maximum atomic E-state index is 13.3. The zero-order valence-corrected chi connectivity index (χ0v) is 11.7. The predicted octanol–water partition coefficient (Wildman–Crippen LogP) is 2.07. The van der Waals surface area contributed by atoms with E-state index in [2.05, 4.69) is 5.32 Å². The van der Waals surface area contributed by atoms with Gasteiger partial charge in [-0.05, 0) is 0 Å². The summed E-state index contributed by atoms with van der Waals surface area (Å²) in [6, 6.07) is 7.31. The molecule has 1 aliphatic heterocycles. The Bertz CT molecular complexity index is 764. The number of anilines is 1. The third-order valence-electron chi connectivity index (χ3n) is 2.89. The van der Waals surface area contributed by atoms with Crippen molar-refractivity contribution in [2.45, 2.75) is 0 Å². The third-order valence-corrected chi connectivity index (χ3v) is 5.03.